The average Bonchev–Trinajstić information content (AvgIpc) is 2.25. The van der Waals surface area contributed by atoms with Gasteiger partial charge >= 0.3 is 11.5 Å². The second-order valence-corrected chi connectivity index (χ2v) is 6.66. The van der Waals surface area contributed by atoms with E-state index >= 15 is 0 Å². The quantitative estimate of drug-likeness (QED) is 0.494. The molecule has 0 aliphatic carbocycles. The highest BCUT2D eigenvalue weighted by Crippen LogP contribution is 2.25. The second kappa shape index (κ2) is 6.82. The van der Waals surface area contributed by atoms with E-state index in [-0.39, 0.29) is 10.6 Å². The Morgan fingerprint density at radius 3 is 1.91 bits per heavy atom. The first kappa shape index (κ1) is 20.6. The van der Waals surface area contributed by atoms with Gasteiger partial charge in [-0.25, -0.2) is 13.2 Å². The maximum absolute atomic E-state index is 10.7. The van der Waals surface area contributed by atoms with Gasteiger partial charge in [0.05, 0.1) is 31.7 Å². The van der Waals surface area contributed by atoms with Crippen molar-refractivity contribution in [3.63, 3.8) is 0 Å². The van der Waals surface area contributed by atoms with Crippen LogP contribution in [-0.2, 0) is 10.1 Å². The largest absolute Gasteiger partial charge is 0.741 e. The zero-order chi connectivity index (χ0) is 17.9. The van der Waals surface area contributed by atoms with Crippen LogP contribution in [0, 0.1) is 0 Å². The third-order valence-electron chi connectivity index (χ3n) is 2.24. The lowest BCUT2D eigenvalue weighted by Gasteiger charge is -2.23. The van der Waals surface area contributed by atoms with Gasteiger partial charge in [0.25, 0.3) is 0 Å². The van der Waals surface area contributed by atoms with Crippen LogP contribution in [0.5, 0.6) is 0 Å². The van der Waals surface area contributed by atoms with E-state index in [2.05, 4.69) is 0 Å². The molecule has 1 aromatic rings. The van der Waals surface area contributed by atoms with Crippen LogP contribution < -0.4 is 4.48 Å². The van der Waals surface area contributed by atoms with E-state index in [1.54, 1.807) is 12.1 Å². The molecular weight excluding hydrogens is 351 g/mol. The Balaban J connectivity index is 0.000000472. The Labute approximate surface area is 130 Å². The molecule has 0 aliphatic heterocycles. The molecule has 0 aromatic heterocycles. The summed E-state index contributed by atoms with van der Waals surface area (Å²) < 4.78 is 59.5. The molecule has 11 heteroatoms. The number of carbonyl (C=O) groups is 1. The molecule has 1 N–H and O–H groups in total. The fraction of sp³-hybridized carbons (Fsp3) is 0.364. The minimum atomic E-state index is -6.09. The zero-order valence-electron chi connectivity index (χ0n) is 11.7. The molecule has 0 unspecified atom stereocenters. The Morgan fingerprint density at radius 2 is 1.68 bits per heavy atom. The number of hydrogen-bond acceptors (Lipinski definition) is 4. The number of nitrogens with zero attached hydrogens (tertiary/aromatic N) is 1. The molecule has 1 rings (SSSR count). The number of hydrogen-bond donors (Lipinski definition) is 1. The third kappa shape index (κ3) is 6.18. The van der Waals surface area contributed by atoms with Crippen molar-refractivity contribution in [3.8, 4) is 0 Å². The first-order valence-electron chi connectivity index (χ1n) is 5.44. The first-order chi connectivity index (χ1) is 9.57. The lowest BCUT2D eigenvalue weighted by molar-refractivity contribution is -0.0517. The fourth-order valence-corrected chi connectivity index (χ4v) is 1.35. The summed E-state index contributed by atoms with van der Waals surface area (Å²) in [5.74, 6) is -0.997. The van der Waals surface area contributed by atoms with Gasteiger partial charge in [-0.3, -0.25) is 4.48 Å². The average molecular weight is 364 g/mol. The normalized spacial score (nSPS) is 12.4. The molecular formula is C11H13ClF3NO5S. The van der Waals surface area contributed by atoms with Gasteiger partial charge in [-0.2, -0.15) is 13.2 Å². The van der Waals surface area contributed by atoms with Gasteiger partial charge in [-0.05, 0) is 6.07 Å². The first-order valence-corrected chi connectivity index (χ1v) is 7.23. The van der Waals surface area contributed by atoms with Crippen LogP contribution in [0.1, 0.15) is 10.4 Å². The van der Waals surface area contributed by atoms with Crippen LogP contribution in [0.2, 0.25) is 5.02 Å². The summed E-state index contributed by atoms with van der Waals surface area (Å²) in [4.78, 5) is 10.7. The number of carboxylic acid groups (broad SMARTS) is 1. The summed E-state index contributed by atoms with van der Waals surface area (Å²) in [6.45, 7) is 0. The Hall–Kier alpha value is -1.36. The summed E-state index contributed by atoms with van der Waals surface area (Å²) in [5.41, 5.74) is -4.53. The SMILES string of the molecule is C[N+](C)(C)c1ccc(C(=O)O)c(Cl)c1.O=S(=O)([O-])C(F)(F)F. The molecule has 0 amide bonds. The number of rotatable bonds is 2. The number of aromatic carboxylic acids is 1. The summed E-state index contributed by atoms with van der Waals surface area (Å²) in [6.07, 6.45) is 0. The highest BCUT2D eigenvalue weighted by molar-refractivity contribution is 7.86. The third-order valence-corrected chi connectivity index (χ3v) is 3.12. The molecule has 0 aliphatic rings. The number of alkyl halides is 3. The maximum Gasteiger partial charge on any atom is 0.485 e. The van der Waals surface area contributed by atoms with E-state index in [4.69, 9.17) is 29.7 Å². The van der Waals surface area contributed by atoms with Crippen molar-refractivity contribution in [1.29, 1.82) is 0 Å². The Morgan fingerprint density at radius 1 is 1.27 bits per heavy atom. The summed E-state index contributed by atoms with van der Waals surface area (Å²) in [7, 11) is -0.114. The van der Waals surface area contributed by atoms with Crippen LogP contribution in [0.4, 0.5) is 18.9 Å². The van der Waals surface area contributed by atoms with E-state index in [0.29, 0.717) is 4.48 Å². The van der Waals surface area contributed by atoms with Crippen molar-refractivity contribution in [2.75, 3.05) is 21.1 Å². The fourth-order valence-electron chi connectivity index (χ4n) is 1.09. The van der Waals surface area contributed by atoms with E-state index in [1.165, 1.54) is 6.07 Å². The minimum absolute atomic E-state index is 0.142. The summed E-state index contributed by atoms with van der Waals surface area (Å²) >= 11 is 5.84. The van der Waals surface area contributed by atoms with Crippen LogP contribution in [-0.4, -0.2) is 50.7 Å². The molecule has 1 aromatic carbocycles. The molecule has 0 spiro atoms. The molecule has 0 radical (unpaired) electrons. The highest BCUT2D eigenvalue weighted by atomic mass is 35.5. The lowest BCUT2D eigenvalue weighted by atomic mass is 10.2. The Bertz CT molecular complexity index is 653. The minimum Gasteiger partial charge on any atom is -0.741 e. The van der Waals surface area contributed by atoms with Crippen molar-refractivity contribution < 1.29 is 36.0 Å². The molecule has 0 fully saturated rings. The molecule has 0 heterocycles. The van der Waals surface area contributed by atoms with Gasteiger partial charge in [0, 0.05) is 12.1 Å². The van der Waals surface area contributed by atoms with Crippen molar-refractivity contribution in [2.45, 2.75) is 5.51 Å². The number of halogens is 4. The monoisotopic (exact) mass is 363 g/mol. The number of quaternary nitrogens is 1. The van der Waals surface area contributed by atoms with E-state index in [1.807, 2.05) is 21.1 Å². The van der Waals surface area contributed by atoms with Gasteiger partial charge in [-0.15, -0.1) is 0 Å². The molecule has 0 saturated carbocycles. The van der Waals surface area contributed by atoms with Gasteiger partial charge in [0.2, 0.25) is 0 Å². The van der Waals surface area contributed by atoms with Gasteiger partial charge in [0.1, 0.15) is 5.69 Å². The molecule has 0 saturated heterocycles. The highest BCUT2D eigenvalue weighted by Gasteiger charge is 2.36. The van der Waals surface area contributed by atoms with Crippen molar-refractivity contribution >= 4 is 33.4 Å². The predicted octanol–water partition coefficient (Wildman–Crippen LogP) is 2.29. The molecule has 22 heavy (non-hydrogen) atoms. The van der Waals surface area contributed by atoms with Crippen molar-refractivity contribution in [3.05, 3.63) is 28.8 Å². The van der Waals surface area contributed by atoms with Crippen LogP contribution in [0.3, 0.4) is 0 Å². The van der Waals surface area contributed by atoms with Crippen molar-refractivity contribution in [2.24, 2.45) is 0 Å². The number of benzene rings is 1. The zero-order valence-corrected chi connectivity index (χ0v) is 13.3. The number of carboxylic acids is 1. The maximum atomic E-state index is 10.7. The molecule has 6 nitrogen and oxygen atoms in total. The van der Waals surface area contributed by atoms with Gasteiger partial charge in [0.15, 0.2) is 10.1 Å². The molecule has 126 valence electrons. The molecule has 0 atom stereocenters. The van der Waals surface area contributed by atoms with Crippen LogP contribution in [0.15, 0.2) is 18.2 Å². The van der Waals surface area contributed by atoms with Gasteiger partial charge in [-0.1, -0.05) is 11.6 Å². The summed E-state index contributed by atoms with van der Waals surface area (Å²) in [6, 6.07) is 4.99. The van der Waals surface area contributed by atoms with E-state index < -0.39 is 21.6 Å². The van der Waals surface area contributed by atoms with E-state index in [0.717, 1.165) is 5.69 Å². The standard InChI is InChI=1S/C10H12ClNO2.CHF3O3S/c1-12(2,3)7-4-5-8(10(13)14)9(11)6-7;2-1(3,4)8(5,6)7/h4-6H,1-3H3;(H,5,6,7). The van der Waals surface area contributed by atoms with Crippen LogP contribution >= 0.6 is 11.6 Å². The van der Waals surface area contributed by atoms with Crippen LogP contribution in [0.25, 0.3) is 0 Å². The van der Waals surface area contributed by atoms with Crippen molar-refractivity contribution in [1.82, 2.24) is 4.48 Å². The second-order valence-electron chi connectivity index (χ2n) is 4.88. The smallest absolute Gasteiger partial charge is 0.485 e. The summed E-state index contributed by atoms with van der Waals surface area (Å²) in [5, 5.41) is 9.05. The lowest BCUT2D eigenvalue weighted by Crippen LogP contribution is -2.34. The topological polar surface area (TPSA) is 94.5 Å². The van der Waals surface area contributed by atoms with Gasteiger partial charge < -0.3 is 9.66 Å². The predicted molar refractivity (Wildman–Crippen MR) is 73.7 cm³/mol. The Kier molecular flexibility index (Phi) is 6.40. The van der Waals surface area contributed by atoms with E-state index in [9.17, 15) is 18.0 Å². The molecule has 0 bridgehead atoms.